The Balaban J connectivity index is 3.94. The van der Waals surface area contributed by atoms with Crippen LogP contribution in [0.5, 0.6) is 0 Å². The Hall–Kier alpha value is -0.850. The molecule has 0 N–H and O–H groups in total. The van der Waals surface area contributed by atoms with E-state index in [1.165, 1.54) is 0 Å². The largest absolute Gasteiger partial charge is 0.262 e. The lowest BCUT2D eigenvalue weighted by atomic mass is 10.2. The van der Waals surface area contributed by atoms with Crippen LogP contribution in [0, 0.1) is 0 Å². The first kappa shape index (κ1) is 9.15. The van der Waals surface area contributed by atoms with Crippen molar-refractivity contribution in [2.24, 2.45) is 4.99 Å². The van der Waals surface area contributed by atoms with Gasteiger partial charge in [0.25, 0.3) is 0 Å². The molecule has 0 saturated heterocycles. The van der Waals surface area contributed by atoms with Crippen molar-refractivity contribution < 1.29 is 0 Å². The van der Waals surface area contributed by atoms with Gasteiger partial charge in [0, 0.05) is 11.9 Å². The van der Waals surface area contributed by atoms with Crippen LogP contribution in [0.3, 0.4) is 0 Å². The summed E-state index contributed by atoms with van der Waals surface area (Å²) < 4.78 is 0. The summed E-state index contributed by atoms with van der Waals surface area (Å²) in [7, 11) is 0. The van der Waals surface area contributed by atoms with Crippen LogP contribution in [-0.4, -0.2) is 5.71 Å². The minimum Gasteiger partial charge on any atom is -0.262 e. The van der Waals surface area contributed by atoms with Crippen molar-refractivity contribution >= 4 is 5.71 Å². The fraction of sp³-hybridized carbons (Fsp3) is 0.444. The van der Waals surface area contributed by atoms with Crippen LogP contribution in [0.1, 0.15) is 26.7 Å². The summed E-state index contributed by atoms with van der Waals surface area (Å²) in [5, 5.41) is 0. The van der Waals surface area contributed by atoms with E-state index in [0.29, 0.717) is 0 Å². The van der Waals surface area contributed by atoms with Crippen LogP contribution in [-0.2, 0) is 0 Å². The highest BCUT2D eigenvalue weighted by molar-refractivity contribution is 5.95. The topological polar surface area (TPSA) is 12.4 Å². The van der Waals surface area contributed by atoms with Crippen molar-refractivity contribution in [3.63, 3.8) is 0 Å². The molecule has 0 aromatic rings. The summed E-state index contributed by atoms with van der Waals surface area (Å²) >= 11 is 0. The first-order valence-electron chi connectivity index (χ1n) is 3.69. The van der Waals surface area contributed by atoms with Gasteiger partial charge >= 0.3 is 0 Å². The summed E-state index contributed by atoms with van der Waals surface area (Å²) in [6.45, 7) is 7.73. The lowest BCUT2D eigenvalue weighted by Gasteiger charge is -1.90. The van der Waals surface area contributed by atoms with E-state index in [-0.39, 0.29) is 0 Å². The molecule has 0 aliphatic rings. The van der Waals surface area contributed by atoms with Gasteiger partial charge in [0.1, 0.15) is 0 Å². The highest BCUT2D eigenvalue weighted by Gasteiger charge is 1.84. The summed E-state index contributed by atoms with van der Waals surface area (Å²) in [5.41, 5.74) is 1.09. The monoisotopic (exact) mass is 137 g/mol. The molecule has 0 spiro atoms. The van der Waals surface area contributed by atoms with Gasteiger partial charge in [0.05, 0.1) is 0 Å². The molecule has 0 aliphatic carbocycles. The molecular weight excluding hydrogens is 122 g/mol. The highest BCUT2D eigenvalue weighted by Crippen LogP contribution is 1.90. The Bertz CT molecular complexity index is 143. The molecule has 56 valence electrons. The third-order valence-electron chi connectivity index (χ3n) is 1.17. The summed E-state index contributed by atoms with van der Waals surface area (Å²) in [5.74, 6) is 0. The minimum atomic E-state index is 0.975. The minimum absolute atomic E-state index is 0.975. The SMILES string of the molecule is C=CN=C(/C=C\CC)CC. The molecule has 1 heteroatoms. The number of nitrogens with zero attached hydrogens (tertiary/aromatic N) is 1. The number of aliphatic imine (C=N–C) groups is 1. The summed E-state index contributed by atoms with van der Waals surface area (Å²) in [6, 6.07) is 0. The Labute approximate surface area is 63.2 Å². The molecule has 0 heterocycles. The normalized spacial score (nSPS) is 12.4. The van der Waals surface area contributed by atoms with Gasteiger partial charge in [0.15, 0.2) is 0 Å². The average Bonchev–Trinajstić information content (AvgIpc) is 1.98. The number of rotatable bonds is 4. The molecule has 0 atom stereocenters. The van der Waals surface area contributed by atoms with Crippen LogP contribution in [0.15, 0.2) is 29.9 Å². The second-order valence-electron chi connectivity index (χ2n) is 1.97. The van der Waals surface area contributed by atoms with Crippen LogP contribution in [0.4, 0.5) is 0 Å². The number of hydrogen-bond acceptors (Lipinski definition) is 1. The van der Waals surface area contributed by atoms with Crippen LogP contribution < -0.4 is 0 Å². The van der Waals surface area contributed by atoms with Crippen LogP contribution >= 0.6 is 0 Å². The third-order valence-corrected chi connectivity index (χ3v) is 1.17. The smallest absolute Gasteiger partial charge is 0.0397 e. The number of hydrogen-bond donors (Lipinski definition) is 0. The van der Waals surface area contributed by atoms with Gasteiger partial charge in [-0.2, -0.15) is 0 Å². The van der Waals surface area contributed by atoms with E-state index >= 15 is 0 Å². The third kappa shape index (κ3) is 4.07. The van der Waals surface area contributed by atoms with E-state index in [0.717, 1.165) is 18.6 Å². The molecule has 0 aliphatic heterocycles. The average molecular weight is 137 g/mol. The predicted octanol–water partition coefficient (Wildman–Crippen LogP) is 2.95. The zero-order chi connectivity index (χ0) is 7.82. The van der Waals surface area contributed by atoms with Gasteiger partial charge in [0.2, 0.25) is 0 Å². The van der Waals surface area contributed by atoms with E-state index in [2.05, 4.69) is 31.5 Å². The van der Waals surface area contributed by atoms with Gasteiger partial charge in [-0.25, -0.2) is 0 Å². The van der Waals surface area contributed by atoms with Crippen LogP contribution in [0.25, 0.3) is 0 Å². The van der Waals surface area contributed by atoms with Gasteiger partial charge in [-0.15, -0.1) is 0 Å². The molecule has 0 unspecified atom stereocenters. The first-order valence-corrected chi connectivity index (χ1v) is 3.69. The van der Waals surface area contributed by atoms with E-state index < -0.39 is 0 Å². The van der Waals surface area contributed by atoms with E-state index in [4.69, 9.17) is 0 Å². The second kappa shape index (κ2) is 6.27. The zero-order valence-corrected chi connectivity index (χ0v) is 6.80. The fourth-order valence-electron chi connectivity index (χ4n) is 0.623. The fourth-order valence-corrected chi connectivity index (χ4v) is 0.623. The molecular formula is C9H15N. The van der Waals surface area contributed by atoms with Gasteiger partial charge in [-0.1, -0.05) is 26.5 Å². The lowest BCUT2D eigenvalue weighted by Crippen LogP contribution is -1.87. The Morgan fingerprint density at radius 3 is 2.60 bits per heavy atom. The van der Waals surface area contributed by atoms with Crippen molar-refractivity contribution in [2.45, 2.75) is 26.7 Å². The lowest BCUT2D eigenvalue weighted by molar-refractivity contribution is 1.21. The molecule has 0 amide bonds. The Morgan fingerprint density at radius 1 is 1.50 bits per heavy atom. The molecule has 0 aromatic heterocycles. The van der Waals surface area contributed by atoms with Crippen molar-refractivity contribution in [2.75, 3.05) is 0 Å². The Kier molecular flexibility index (Phi) is 5.74. The molecule has 0 fully saturated rings. The summed E-state index contributed by atoms with van der Waals surface area (Å²) in [6.07, 6.45) is 7.77. The van der Waals surface area contributed by atoms with Crippen molar-refractivity contribution in [1.29, 1.82) is 0 Å². The zero-order valence-electron chi connectivity index (χ0n) is 6.80. The maximum atomic E-state index is 4.07. The standard InChI is InChI=1S/C9H15N/c1-4-7-8-9(5-2)10-6-3/h6-8H,3-5H2,1-2H3/b8-7-,10-9?. The summed E-state index contributed by atoms with van der Waals surface area (Å²) in [4.78, 5) is 4.07. The van der Waals surface area contributed by atoms with Gasteiger partial charge in [-0.3, -0.25) is 4.99 Å². The van der Waals surface area contributed by atoms with Crippen LogP contribution in [0.2, 0.25) is 0 Å². The molecule has 0 saturated carbocycles. The first-order chi connectivity index (χ1) is 4.85. The van der Waals surface area contributed by atoms with Gasteiger partial charge in [-0.05, 0) is 18.9 Å². The maximum absolute atomic E-state index is 4.07. The molecule has 0 radical (unpaired) electrons. The molecule has 0 rings (SSSR count). The highest BCUT2D eigenvalue weighted by atomic mass is 14.7. The van der Waals surface area contributed by atoms with Crippen molar-refractivity contribution in [1.82, 2.24) is 0 Å². The van der Waals surface area contributed by atoms with Gasteiger partial charge < -0.3 is 0 Å². The predicted molar refractivity (Wildman–Crippen MR) is 47.4 cm³/mol. The van der Waals surface area contributed by atoms with E-state index in [1.807, 2.05) is 6.08 Å². The van der Waals surface area contributed by atoms with Crippen molar-refractivity contribution in [3.05, 3.63) is 24.9 Å². The van der Waals surface area contributed by atoms with Crippen molar-refractivity contribution in [3.8, 4) is 0 Å². The maximum Gasteiger partial charge on any atom is 0.0397 e. The second-order valence-corrected chi connectivity index (χ2v) is 1.97. The van der Waals surface area contributed by atoms with E-state index in [1.54, 1.807) is 6.20 Å². The van der Waals surface area contributed by atoms with E-state index in [9.17, 15) is 0 Å². The molecule has 0 bridgehead atoms. The quantitative estimate of drug-likeness (QED) is 0.528. The number of allylic oxidation sites excluding steroid dienone is 2. The molecule has 0 aromatic carbocycles. The molecule has 10 heavy (non-hydrogen) atoms. The molecule has 1 nitrogen and oxygen atoms in total. The Morgan fingerprint density at radius 2 is 2.20 bits per heavy atom.